The molecule has 0 unspecified atom stereocenters. The number of amides is 1. The standard InChI is InChI=1S/C10H19NO5/c1-6(12)10(5,7(13)14)11-8(15)16-9(2,3)4/h6,12H,1-5H3,(H,11,15)(H,13,14)/t6-,10-/m0/s1. The summed E-state index contributed by atoms with van der Waals surface area (Å²) in [5, 5.41) is 20.4. The van der Waals surface area contributed by atoms with Gasteiger partial charge in [-0.15, -0.1) is 0 Å². The molecule has 0 fully saturated rings. The topological polar surface area (TPSA) is 95.9 Å². The maximum Gasteiger partial charge on any atom is 0.408 e. The number of hydrogen-bond acceptors (Lipinski definition) is 4. The highest BCUT2D eigenvalue weighted by Gasteiger charge is 2.41. The molecule has 0 spiro atoms. The maximum absolute atomic E-state index is 11.4. The number of carboxylic acids is 1. The molecule has 0 radical (unpaired) electrons. The van der Waals surface area contributed by atoms with Crippen molar-refractivity contribution in [1.29, 1.82) is 0 Å². The minimum absolute atomic E-state index is 0.720. The Balaban J connectivity index is 4.68. The van der Waals surface area contributed by atoms with E-state index in [0.717, 1.165) is 0 Å². The Hall–Kier alpha value is -1.30. The fourth-order valence-corrected chi connectivity index (χ4v) is 0.852. The van der Waals surface area contributed by atoms with Gasteiger partial charge in [0.05, 0.1) is 6.10 Å². The highest BCUT2D eigenvalue weighted by Crippen LogP contribution is 2.13. The fourth-order valence-electron chi connectivity index (χ4n) is 0.852. The molecular weight excluding hydrogens is 214 g/mol. The number of ether oxygens (including phenoxy) is 1. The van der Waals surface area contributed by atoms with Crippen LogP contribution < -0.4 is 5.32 Å². The molecule has 0 rings (SSSR count). The molecule has 3 N–H and O–H groups in total. The first kappa shape index (κ1) is 14.7. The largest absolute Gasteiger partial charge is 0.479 e. The van der Waals surface area contributed by atoms with Crippen molar-refractivity contribution in [2.24, 2.45) is 0 Å². The first-order chi connectivity index (χ1) is 6.99. The van der Waals surface area contributed by atoms with Gasteiger partial charge < -0.3 is 20.3 Å². The third-order valence-electron chi connectivity index (χ3n) is 2.04. The lowest BCUT2D eigenvalue weighted by Crippen LogP contribution is -2.59. The van der Waals surface area contributed by atoms with Crippen molar-refractivity contribution in [3.63, 3.8) is 0 Å². The quantitative estimate of drug-likeness (QED) is 0.668. The highest BCUT2D eigenvalue weighted by molar-refractivity contribution is 5.84. The Morgan fingerprint density at radius 3 is 1.94 bits per heavy atom. The van der Waals surface area contributed by atoms with Crippen molar-refractivity contribution in [3.8, 4) is 0 Å². The minimum atomic E-state index is -1.76. The van der Waals surface area contributed by atoms with Crippen LogP contribution in [0.25, 0.3) is 0 Å². The predicted octanol–water partition coefficient (Wildman–Crippen LogP) is 0.735. The van der Waals surface area contributed by atoms with E-state index in [1.54, 1.807) is 20.8 Å². The molecule has 6 nitrogen and oxygen atoms in total. The third-order valence-corrected chi connectivity index (χ3v) is 2.04. The molecule has 0 aromatic carbocycles. The lowest BCUT2D eigenvalue weighted by atomic mass is 9.96. The summed E-state index contributed by atoms with van der Waals surface area (Å²) in [6.07, 6.45) is -2.11. The first-order valence-electron chi connectivity index (χ1n) is 4.91. The molecule has 0 aliphatic heterocycles. The van der Waals surface area contributed by atoms with Gasteiger partial charge in [-0.3, -0.25) is 0 Å². The number of carbonyl (C=O) groups excluding carboxylic acids is 1. The Morgan fingerprint density at radius 2 is 1.69 bits per heavy atom. The average Bonchev–Trinajstić information content (AvgIpc) is 1.98. The number of carboxylic acid groups (broad SMARTS) is 1. The maximum atomic E-state index is 11.4. The number of alkyl carbamates (subject to hydrolysis) is 1. The van der Waals surface area contributed by atoms with Gasteiger partial charge in [-0.1, -0.05) is 0 Å². The fraction of sp³-hybridized carbons (Fsp3) is 0.800. The average molecular weight is 233 g/mol. The summed E-state index contributed by atoms with van der Waals surface area (Å²) < 4.78 is 4.91. The van der Waals surface area contributed by atoms with Gasteiger partial charge in [-0.2, -0.15) is 0 Å². The number of aliphatic hydroxyl groups excluding tert-OH is 1. The molecule has 0 aliphatic rings. The molecule has 6 heteroatoms. The summed E-state index contributed by atoms with van der Waals surface area (Å²) in [5.41, 5.74) is -2.48. The number of nitrogens with one attached hydrogen (secondary N) is 1. The van der Waals surface area contributed by atoms with Gasteiger partial charge in [-0.25, -0.2) is 9.59 Å². The van der Waals surface area contributed by atoms with E-state index < -0.39 is 29.3 Å². The van der Waals surface area contributed by atoms with Crippen molar-refractivity contribution >= 4 is 12.1 Å². The molecule has 0 bridgehead atoms. The van der Waals surface area contributed by atoms with Crippen LogP contribution in [-0.2, 0) is 9.53 Å². The lowest BCUT2D eigenvalue weighted by molar-refractivity contribution is -0.148. The van der Waals surface area contributed by atoms with E-state index in [2.05, 4.69) is 5.32 Å². The zero-order valence-electron chi connectivity index (χ0n) is 10.2. The molecule has 94 valence electrons. The molecule has 1 amide bonds. The monoisotopic (exact) mass is 233 g/mol. The molecule has 0 saturated heterocycles. The number of hydrogen-bond donors (Lipinski definition) is 3. The molecule has 2 atom stereocenters. The Bertz CT molecular complexity index is 281. The summed E-state index contributed by atoms with van der Waals surface area (Å²) >= 11 is 0. The van der Waals surface area contributed by atoms with Crippen LogP contribution in [-0.4, -0.2) is 39.5 Å². The number of rotatable bonds is 3. The SMILES string of the molecule is C[C@H](O)[C@](C)(NC(=O)OC(C)(C)C)C(=O)O. The van der Waals surface area contributed by atoms with E-state index in [0.29, 0.717) is 0 Å². The van der Waals surface area contributed by atoms with Crippen LogP contribution in [0.5, 0.6) is 0 Å². The smallest absolute Gasteiger partial charge is 0.408 e. The predicted molar refractivity (Wildman–Crippen MR) is 57.1 cm³/mol. The summed E-state index contributed by atoms with van der Waals surface area (Å²) in [6.45, 7) is 7.47. The van der Waals surface area contributed by atoms with Crippen LogP contribution >= 0.6 is 0 Å². The summed E-state index contributed by atoms with van der Waals surface area (Å²) in [6, 6.07) is 0. The van der Waals surface area contributed by atoms with E-state index in [1.807, 2.05) is 0 Å². The molecule has 0 aromatic heterocycles. The second-order valence-electron chi connectivity index (χ2n) is 4.81. The lowest BCUT2D eigenvalue weighted by Gasteiger charge is -2.30. The van der Waals surface area contributed by atoms with Crippen LogP contribution in [0.4, 0.5) is 4.79 Å². The molecule has 0 aromatic rings. The van der Waals surface area contributed by atoms with Gasteiger partial charge in [0, 0.05) is 0 Å². The van der Waals surface area contributed by atoms with E-state index in [1.165, 1.54) is 13.8 Å². The van der Waals surface area contributed by atoms with Crippen LogP contribution in [0.1, 0.15) is 34.6 Å². The molecule has 0 saturated carbocycles. The summed E-state index contributed by atoms with van der Waals surface area (Å²) in [4.78, 5) is 22.3. The van der Waals surface area contributed by atoms with Crippen LogP contribution in [0, 0.1) is 0 Å². The normalized spacial score (nSPS) is 17.1. The number of aliphatic hydroxyl groups is 1. The number of carbonyl (C=O) groups is 2. The molecule has 16 heavy (non-hydrogen) atoms. The van der Waals surface area contributed by atoms with Crippen molar-refractivity contribution in [3.05, 3.63) is 0 Å². The zero-order valence-corrected chi connectivity index (χ0v) is 10.2. The molecule has 0 heterocycles. The number of aliphatic carboxylic acids is 1. The zero-order chi connectivity index (χ0) is 13.1. The second kappa shape index (κ2) is 4.69. The van der Waals surface area contributed by atoms with Crippen LogP contribution in [0.2, 0.25) is 0 Å². The third kappa shape index (κ3) is 4.06. The molecular formula is C10H19NO5. The van der Waals surface area contributed by atoms with E-state index in [4.69, 9.17) is 9.84 Å². The van der Waals surface area contributed by atoms with Gasteiger partial charge in [0.1, 0.15) is 5.60 Å². The van der Waals surface area contributed by atoms with Crippen LogP contribution in [0.15, 0.2) is 0 Å². The first-order valence-corrected chi connectivity index (χ1v) is 4.91. The Morgan fingerprint density at radius 1 is 1.25 bits per heavy atom. The van der Waals surface area contributed by atoms with E-state index in [-0.39, 0.29) is 0 Å². The van der Waals surface area contributed by atoms with E-state index >= 15 is 0 Å². The van der Waals surface area contributed by atoms with Crippen molar-refractivity contribution < 1.29 is 24.5 Å². The highest BCUT2D eigenvalue weighted by atomic mass is 16.6. The van der Waals surface area contributed by atoms with Crippen LogP contribution in [0.3, 0.4) is 0 Å². The van der Waals surface area contributed by atoms with Crippen molar-refractivity contribution in [2.45, 2.75) is 51.9 Å². The van der Waals surface area contributed by atoms with Crippen molar-refractivity contribution in [1.82, 2.24) is 5.32 Å². The molecule has 0 aliphatic carbocycles. The van der Waals surface area contributed by atoms with Gasteiger partial charge in [-0.05, 0) is 34.6 Å². The van der Waals surface area contributed by atoms with Gasteiger partial charge in [0.25, 0.3) is 0 Å². The Kier molecular flexibility index (Phi) is 4.31. The van der Waals surface area contributed by atoms with Crippen molar-refractivity contribution in [2.75, 3.05) is 0 Å². The Labute approximate surface area is 94.6 Å². The minimum Gasteiger partial charge on any atom is -0.479 e. The van der Waals surface area contributed by atoms with Gasteiger partial charge >= 0.3 is 12.1 Å². The van der Waals surface area contributed by atoms with Gasteiger partial charge in [0.2, 0.25) is 0 Å². The van der Waals surface area contributed by atoms with Gasteiger partial charge in [0.15, 0.2) is 5.54 Å². The second-order valence-corrected chi connectivity index (χ2v) is 4.81. The van der Waals surface area contributed by atoms with E-state index in [9.17, 15) is 14.7 Å². The summed E-state index contributed by atoms with van der Waals surface area (Å²) in [7, 11) is 0. The summed E-state index contributed by atoms with van der Waals surface area (Å²) in [5.74, 6) is -1.33.